The molecule has 0 aliphatic heterocycles. The summed E-state index contributed by atoms with van der Waals surface area (Å²) in [5.41, 5.74) is 0. The van der Waals surface area contributed by atoms with Crippen molar-refractivity contribution >= 4 is 0 Å². The third kappa shape index (κ3) is 2.86. The van der Waals surface area contributed by atoms with Crippen LogP contribution >= 0.6 is 0 Å². The van der Waals surface area contributed by atoms with Crippen LogP contribution in [0.3, 0.4) is 0 Å². The Morgan fingerprint density at radius 1 is 1.50 bits per heavy atom. The largest absolute Gasteiger partial charge is 0.502 e. The van der Waals surface area contributed by atoms with Crippen LogP contribution in [0.1, 0.15) is 25.7 Å². The summed E-state index contributed by atoms with van der Waals surface area (Å²) in [6.45, 7) is 4.34. The summed E-state index contributed by atoms with van der Waals surface area (Å²) in [5.74, 6) is 0.668. The molecule has 0 heterocycles. The van der Waals surface area contributed by atoms with E-state index in [1.54, 1.807) is 7.11 Å². The Balaban J connectivity index is 2.20. The monoisotopic (exact) mass is 170 g/mol. The molecular formula is C10H18O2. The third-order valence-electron chi connectivity index (χ3n) is 2.52. The van der Waals surface area contributed by atoms with Gasteiger partial charge in [0.2, 0.25) is 0 Å². The summed E-state index contributed by atoms with van der Waals surface area (Å²) < 4.78 is 10.5. The van der Waals surface area contributed by atoms with Crippen LogP contribution in [0.2, 0.25) is 0 Å². The van der Waals surface area contributed by atoms with Crippen LogP contribution in [0.4, 0.5) is 0 Å². The van der Waals surface area contributed by atoms with Crippen molar-refractivity contribution in [2.24, 2.45) is 5.92 Å². The summed E-state index contributed by atoms with van der Waals surface area (Å²) >= 11 is 0. The van der Waals surface area contributed by atoms with Gasteiger partial charge in [-0.15, -0.1) is 0 Å². The molecule has 2 nitrogen and oxygen atoms in total. The van der Waals surface area contributed by atoms with Crippen molar-refractivity contribution < 1.29 is 9.47 Å². The lowest BCUT2D eigenvalue weighted by atomic mass is 9.88. The van der Waals surface area contributed by atoms with Gasteiger partial charge in [0.05, 0.1) is 19.0 Å². The summed E-state index contributed by atoms with van der Waals surface area (Å²) in [7, 11) is 1.79. The topological polar surface area (TPSA) is 18.5 Å². The van der Waals surface area contributed by atoms with E-state index in [2.05, 4.69) is 6.58 Å². The molecule has 70 valence electrons. The second-order valence-corrected chi connectivity index (χ2v) is 3.39. The molecular weight excluding hydrogens is 152 g/mol. The van der Waals surface area contributed by atoms with Crippen LogP contribution in [-0.2, 0) is 9.47 Å². The summed E-state index contributed by atoms with van der Waals surface area (Å²) in [5, 5.41) is 0. The minimum atomic E-state index is 0.456. The predicted octanol–water partition coefficient (Wildman–Crippen LogP) is 2.35. The second-order valence-electron chi connectivity index (χ2n) is 3.39. The minimum absolute atomic E-state index is 0.456. The van der Waals surface area contributed by atoms with Crippen molar-refractivity contribution in [2.75, 3.05) is 13.7 Å². The zero-order valence-corrected chi connectivity index (χ0v) is 7.79. The Hall–Kier alpha value is -0.500. The van der Waals surface area contributed by atoms with Crippen LogP contribution in [0.15, 0.2) is 12.8 Å². The first-order valence-corrected chi connectivity index (χ1v) is 4.62. The molecule has 0 amide bonds. The van der Waals surface area contributed by atoms with Crippen LogP contribution in [0.5, 0.6) is 0 Å². The molecule has 12 heavy (non-hydrogen) atoms. The zero-order valence-electron chi connectivity index (χ0n) is 7.79. The standard InChI is InChI=1S/C10H18O2/c1-3-12-8-9-5-4-6-10(7-9)11-2/h3,9-10H,1,4-8H2,2H3. The minimum Gasteiger partial charge on any atom is -0.502 e. The third-order valence-corrected chi connectivity index (χ3v) is 2.52. The number of rotatable bonds is 4. The van der Waals surface area contributed by atoms with Gasteiger partial charge in [0.15, 0.2) is 0 Å². The van der Waals surface area contributed by atoms with E-state index in [0.29, 0.717) is 12.0 Å². The van der Waals surface area contributed by atoms with Crippen molar-refractivity contribution in [3.8, 4) is 0 Å². The van der Waals surface area contributed by atoms with Crippen LogP contribution in [0, 0.1) is 5.92 Å². The van der Waals surface area contributed by atoms with E-state index in [1.165, 1.54) is 25.5 Å². The molecule has 2 heteroatoms. The van der Waals surface area contributed by atoms with Crippen LogP contribution in [0.25, 0.3) is 0 Å². The first-order chi connectivity index (χ1) is 5.86. The van der Waals surface area contributed by atoms with Crippen molar-refractivity contribution in [1.82, 2.24) is 0 Å². The molecule has 0 aromatic heterocycles. The normalized spacial score (nSPS) is 29.8. The smallest absolute Gasteiger partial charge is 0.0902 e. The molecule has 2 atom stereocenters. The fourth-order valence-corrected chi connectivity index (χ4v) is 1.81. The fourth-order valence-electron chi connectivity index (χ4n) is 1.81. The summed E-state index contributed by atoms with van der Waals surface area (Å²) in [4.78, 5) is 0. The molecule has 1 aliphatic carbocycles. The highest BCUT2D eigenvalue weighted by Crippen LogP contribution is 2.25. The van der Waals surface area contributed by atoms with Crippen molar-refractivity contribution in [3.63, 3.8) is 0 Å². The molecule has 0 bridgehead atoms. The zero-order chi connectivity index (χ0) is 8.81. The van der Waals surface area contributed by atoms with Crippen molar-refractivity contribution in [2.45, 2.75) is 31.8 Å². The van der Waals surface area contributed by atoms with Crippen LogP contribution < -0.4 is 0 Å². The molecule has 1 saturated carbocycles. The molecule has 2 unspecified atom stereocenters. The van der Waals surface area contributed by atoms with E-state index in [-0.39, 0.29) is 0 Å². The average Bonchev–Trinajstić information content (AvgIpc) is 2.15. The van der Waals surface area contributed by atoms with Gasteiger partial charge in [0, 0.05) is 7.11 Å². The molecule has 0 aromatic carbocycles. The SMILES string of the molecule is C=COCC1CCCC(OC)C1. The Labute approximate surface area is 74.6 Å². The summed E-state index contributed by atoms with van der Waals surface area (Å²) in [6, 6.07) is 0. The van der Waals surface area contributed by atoms with Gasteiger partial charge in [-0.2, -0.15) is 0 Å². The molecule has 0 N–H and O–H groups in total. The van der Waals surface area contributed by atoms with Crippen molar-refractivity contribution in [3.05, 3.63) is 12.8 Å². The second kappa shape index (κ2) is 5.20. The lowest BCUT2D eigenvalue weighted by Gasteiger charge is -2.27. The van der Waals surface area contributed by atoms with Gasteiger partial charge in [-0.05, 0) is 25.2 Å². The first kappa shape index (κ1) is 9.59. The Morgan fingerprint density at radius 2 is 2.33 bits per heavy atom. The van der Waals surface area contributed by atoms with Gasteiger partial charge >= 0.3 is 0 Å². The number of hydrogen-bond donors (Lipinski definition) is 0. The fraction of sp³-hybridized carbons (Fsp3) is 0.800. The van der Waals surface area contributed by atoms with Gasteiger partial charge in [0.1, 0.15) is 0 Å². The molecule has 0 radical (unpaired) electrons. The van der Waals surface area contributed by atoms with Gasteiger partial charge in [-0.3, -0.25) is 0 Å². The Kier molecular flexibility index (Phi) is 4.15. The molecule has 0 saturated heterocycles. The van der Waals surface area contributed by atoms with Crippen LogP contribution in [-0.4, -0.2) is 19.8 Å². The lowest BCUT2D eigenvalue weighted by Crippen LogP contribution is -2.24. The van der Waals surface area contributed by atoms with E-state index in [4.69, 9.17) is 9.47 Å². The Bertz CT molecular complexity index is 134. The van der Waals surface area contributed by atoms with Gasteiger partial charge < -0.3 is 9.47 Å². The van der Waals surface area contributed by atoms with E-state index < -0.39 is 0 Å². The highest BCUT2D eigenvalue weighted by atomic mass is 16.5. The molecule has 1 fully saturated rings. The average molecular weight is 170 g/mol. The lowest BCUT2D eigenvalue weighted by molar-refractivity contribution is 0.0340. The predicted molar refractivity (Wildman–Crippen MR) is 48.9 cm³/mol. The first-order valence-electron chi connectivity index (χ1n) is 4.62. The van der Waals surface area contributed by atoms with E-state index >= 15 is 0 Å². The highest BCUT2D eigenvalue weighted by molar-refractivity contribution is 4.73. The highest BCUT2D eigenvalue weighted by Gasteiger charge is 2.21. The molecule has 1 rings (SSSR count). The number of ether oxygens (including phenoxy) is 2. The van der Waals surface area contributed by atoms with Crippen molar-refractivity contribution in [1.29, 1.82) is 0 Å². The quantitative estimate of drug-likeness (QED) is 0.603. The van der Waals surface area contributed by atoms with E-state index in [1.807, 2.05) is 0 Å². The molecule has 1 aliphatic rings. The molecule has 0 spiro atoms. The van der Waals surface area contributed by atoms with Gasteiger partial charge in [-0.25, -0.2) is 0 Å². The maximum absolute atomic E-state index is 5.32. The van der Waals surface area contributed by atoms with E-state index in [9.17, 15) is 0 Å². The summed E-state index contributed by atoms with van der Waals surface area (Å²) in [6.07, 6.45) is 6.87. The maximum Gasteiger partial charge on any atom is 0.0902 e. The van der Waals surface area contributed by atoms with E-state index in [0.717, 1.165) is 13.0 Å². The number of hydrogen-bond acceptors (Lipinski definition) is 2. The maximum atomic E-state index is 5.32. The molecule has 0 aromatic rings. The number of methoxy groups -OCH3 is 1. The van der Waals surface area contributed by atoms with Gasteiger partial charge in [-0.1, -0.05) is 13.0 Å². The Morgan fingerprint density at radius 3 is 3.00 bits per heavy atom. The van der Waals surface area contributed by atoms with Gasteiger partial charge in [0.25, 0.3) is 0 Å².